The van der Waals surface area contributed by atoms with Gasteiger partial charge in [-0.3, -0.25) is 10.1 Å². The quantitative estimate of drug-likeness (QED) is 0.603. The third-order valence-corrected chi connectivity index (χ3v) is 2.15. The minimum Gasteiger partial charge on any atom is -0.488 e. The Kier molecular flexibility index (Phi) is 4.86. The Labute approximate surface area is 98.9 Å². The van der Waals surface area contributed by atoms with E-state index in [1.54, 1.807) is 7.11 Å². The van der Waals surface area contributed by atoms with E-state index in [-0.39, 0.29) is 18.4 Å². The maximum atomic E-state index is 10.6. The van der Waals surface area contributed by atoms with Gasteiger partial charge in [0.05, 0.1) is 18.1 Å². The molecule has 0 aliphatic heterocycles. The minimum atomic E-state index is -0.512. The summed E-state index contributed by atoms with van der Waals surface area (Å²) in [4.78, 5) is 10.1. The van der Waals surface area contributed by atoms with Gasteiger partial charge in [0.2, 0.25) is 0 Å². The van der Waals surface area contributed by atoms with Gasteiger partial charge in [0.1, 0.15) is 11.9 Å². The van der Waals surface area contributed by atoms with Crippen molar-refractivity contribution < 1.29 is 19.5 Å². The number of hydrogen-bond acceptors (Lipinski definition) is 5. The Balaban J connectivity index is 2.88. The number of nitrogens with zero attached hydrogens (tertiary/aromatic N) is 1. The van der Waals surface area contributed by atoms with Crippen molar-refractivity contribution in [3.8, 4) is 5.75 Å². The van der Waals surface area contributed by atoms with E-state index in [0.717, 1.165) is 0 Å². The van der Waals surface area contributed by atoms with Gasteiger partial charge in [0.25, 0.3) is 5.69 Å². The SMILES string of the molecule is COCC(C)Oc1ccc([N+](=O)[O-])cc1CO. The minimum absolute atomic E-state index is 0.0687. The van der Waals surface area contributed by atoms with Gasteiger partial charge in [0, 0.05) is 24.8 Å². The fraction of sp³-hybridized carbons (Fsp3) is 0.455. The Morgan fingerprint density at radius 3 is 2.76 bits per heavy atom. The number of nitro benzene ring substituents is 1. The second-order valence-electron chi connectivity index (χ2n) is 3.59. The maximum Gasteiger partial charge on any atom is 0.270 e. The number of aliphatic hydroxyl groups excluding tert-OH is 1. The summed E-state index contributed by atoms with van der Waals surface area (Å²) in [6, 6.07) is 4.12. The summed E-state index contributed by atoms with van der Waals surface area (Å²) in [5, 5.41) is 19.7. The average Bonchev–Trinajstić information content (AvgIpc) is 2.29. The number of hydrogen-bond donors (Lipinski definition) is 1. The Morgan fingerprint density at radius 1 is 1.53 bits per heavy atom. The molecule has 0 heterocycles. The van der Waals surface area contributed by atoms with Gasteiger partial charge in [0.15, 0.2) is 0 Å². The van der Waals surface area contributed by atoms with Crippen molar-refractivity contribution >= 4 is 5.69 Å². The summed E-state index contributed by atoms with van der Waals surface area (Å²) >= 11 is 0. The monoisotopic (exact) mass is 241 g/mol. The first-order valence-electron chi connectivity index (χ1n) is 5.12. The number of methoxy groups -OCH3 is 1. The smallest absolute Gasteiger partial charge is 0.270 e. The molecule has 0 fully saturated rings. The van der Waals surface area contributed by atoms with Crippen molar-refractivity contribution in [2.45, 2.75) is 19.6 Å². The topological polar surface area (TPSA) is 81.8 Å². The number of aliphatic hydroxyl groups is 1. The first kappa shape index (κ1) is 13.4. The van der Waals surface area contributed by atoms with Crippen LogP contribution in [0.2, 0.25) is 0 Å². The largest absolute Gasteiger partial charge is 0.488 e. The molecular formula is C11H15NO5. The molecule has 0 aliphatic rings. The van der Waals surface area contributed by atoms with Crippen LogP contribution in [0.3, 0.4) is 0 Å². The van der Waals surface area contributed by atoms with E-state index < -0.39 is 4.92 Å². The van der Waals surface area contributed by atoms with Crippen LogP contribution < -0.4 is 4.74 Å². The summed E-state index contributed by atoms with van der Waals surface area (Å²) in [6.45, 7) is 1.91. The van der Waals surface area contributed by atoms with E-state index in [1.807, 2.05) is 6.92 Å². The number of non-ortho nitro benzene ring substituents is 1. The highest BCUT2D eigenvalue weighted by molar-refractivity contribution is 5.43. The summed E-state index contributed by atoms with van der Waals surface area (Å²) in [7, 11) is 1.56. The van der Waals surface area contributed by atoms with E-state index in [4.69, 9.17) is 14.6 Å². The standard InChI is InChI=1S/C11H15NO5/c1-8(7-16-2)17-11-4-3-10(12(14)15)5-9(11)6-13/h3-5,8,13H,6-7H2,1-2H3. The number of ether oxygens (including phenoxy) is 2. The summed E-state index contributed by atoms with van der Waals surface area (Å²) in [5.74, 6) is 0.433. The molecule has 0 spiro atoms. The summed E-state index contributed by atoms with van der Waals surface area (Å²) in [6.07, 6.45) is -0.188. The zero-order valence-corrected chi connectivity index (χ0v) is 9.75. The van der Waals surface area contributed by atoms with Crippen molar-refractivity contribution in [3.05, 3.63) is 33.9 Å². The van der Waals surface area contributed by atoms with Crippen LogP contribution in [0, 0.1) is 10.1 Å². The molecule has 6 nitrogen and oxygen atoms in total. The Hall–Kier alpha value is -1.66. The highest BCUT2D eigenvalue weighted by Crippen LogP contribution is 2.25. The summed E-state index contributed by atoms with van der Waals surface area (Å²) in [5.41, 5.74) is 0.322. The molecule has 0 radical (unpaired) electrons. The maximum absolute atomic E-state index is 10.6. The highest BCUT2D eigenvalue weighted by Gasteiger charge is 2.13. The van der Waals surface area contributed by atoms with E-state index in [0.29, 0.717) is 17.9 Å². The molecule has 1 rings (SSSR count). The lowest BCUT2D eigenvalue weighted by atomic mass is 10.2. The van der Waals surface area contributed by atoms with Gasteiger partial charge in [-0.2, -0.15) is 0 Å². The van der Waals surface area contributed by atoms with Crippen LogP contribution in [-0.4, -0.2) is 29.9 Å². The van der Waals surface area contributed by atoms with Crippen molar-refractivity contribution in [2.75, 3.05) is 13.7 Å². The molecule has 1 aromatic carbocycles. The van der Waals surface area contributed by atoms with Crippen LogP contribution in [-0.2, 0) is 11.3 Å². The number of rotatable bonds is 6. The second kappa shape index (κ2) is 6.17. The first-order valence-corrected chi connectivity index (χ1v) is 5.12. The molecule has 0 saturated heterocycles. The van der Waals surface area contributed by atoms with Crippen LogP contribution in [0.1, 0.15) is 12.5 Å². The molecule has 1 atom stereocenters. The van der Waals surface area contributed by atoms with E-state index >= 15 is 0 Å². The molecular weight excluding hydrogens is 226 g/mol. The lowest BCUT2D eigenvalue weighted by molar-refractivity contribution is -0.385. The Bertz CT molecular complexity index is 393. The molecule has 0 bridgehead atoms. The third-order valence-electron chi connectivity index (χ3n) is 2.15. The zero-order chi connectivity index (χ0) is 12.8. The fourth-order valence-corrected chi connectivity index (χ4v) is 1.40. The van der Waals surface area contributed by atoms with Crippen molar-refractivity contribution in [2.24, 2.45) is 0 Å². The molecule has 0 aliphatic carbocycles. The van der Waals surface area contributed by atoms with Gasteiger partial charge < -0.3 is 14.6 Å². The lowest BCUT2D eigenvalue weighted by Crippen LogP contribution is -2.18. The zero-order valence-electron chi connectivity index (χ0n) is 9.75. The van der Waals surface area contributed by atoms with Crippen molar-refractivity contribution in [1.82, 2.24) is 0 Å². The van der Waals surface area contributed by atoms with Crippen LogP contribution in [0.25, 0.3) is 0 Å². The number of nitro groups is 1. The van der Waals surface area contributed by atoms with Crippen molar-refractivity contribution in [1.29, 1.82) is 0 Å². The first-order chi connectivity index (χ1) is 8.08. The fourth-order valence-electron chi connectivity index (χ4n) is 1.40. The molecule has 1 N–H and O–H groups in total. The lowest BCUT2D eigenvalue weighted by Gasteiger charge is -2.15. The molecule has 0 amide bonds. The normalized spacial score (nSPS) is 12.2. The Morgan fingerprint density at radius 2 is 2.24 bits per heavy atom. The van der Waals surface area contributed by atoms with Gasteiger partial charge in [-0.15, -0.1) is 0 Å². The van der Waals surface area contributed by atoms with E-state index in [9.17, 15) is 10.1 Å². The van der Waals surface area contributed by atoms with Crippen LogP contribution in [0.5, 0.6) is 5.75 Å². The molecule has 0 saturated carbocycles. The molecule has 6 heteroatoms. The van der Waals surface area contributed by atoms with Gasteiger partial charge >= 0.3 is 0 Å². The predicted octanol–water partition coefficient (Wildman–Crippen LogP) is 1.50. The molecule has 0 aromatic heterocycles. The van der Waals surface area contributed by atoms with Gasteiger partial charge in [-0.25, -0.2) is 0 Å². The van der Waals surface area contributed by atoms with Gasteiger partial charge in [-0.1, -0.05) is 0 Å². The molecule has 94 valence electrons. The van der Waals surface area contributed by atoms with Crippen LogP contribution in [0.15, 0.2) is 18.2 Å². The summed E-state index contributed by atoms with van der Waals surface area (Å²) < 4.78 is 10.4. The molecule has 17 heavy (non-hydrogen) atoms. The second-order valence-corrected chi connectivity index (χ2v) is 3.59. The van der Waals surface area contributed by atoms with Crippen LogP contribution in [0.4, 0.5) is 5.69 Å². The van der Waals surface area contributed by atoms with Gasteiger partial charge in [-0.05, 0) is 13.0 Å². The van der Waals surface area contributed by atoms with Crippen LogP contribution >= 0.6 is 0 Å². The van der Waals surface area contributed by atoms with E-state index in [2.05, 4.69) is 0 Å². The number of benzene rings is 1. The highest BCUT2D eigenvalue weighted by atomic mass is 16.6. The third kappa shape index (κ3) is 3.69. The predicted molar refractivity (Wildman–Crippen MR) is 61.0 cm³/mol. The molecule has 1 aromatic rings. The average molecular weight is 241 g/mol. The van der Waals surface area contributed by atoms with Crippen molar-refractivity contribution in [3.63, 3.8) is 0 Å². The van der Waals surface area contributed by atoms with E-state index in [1.165, 1.54) is 18.2 Å². The molecule has 1 unspecified atom stereocenters.